The van der Waals surface area contributed by atoms with Crippen molar-refractivity contribution in [1.29, 1.82) is 0 Å². The molecule has 0 spiro atoms. The van der Waals surface area contributed by atoms with Crippen LogP contribution in [0.25, 0.3) is 0 Å². The lowest BCUT2D eigenvalue weighted by molar-refractivity contribution is -0.116. The van der Waals surface area contributed by atoms with Gasteiger partial charge in [0.1, 0.15) is 0 Å². The van der Waals surface area contributed by atoms with Crippen molar-refractivity contribution < 1.29 is 4.79 Å². The highest BCUT2D eigenvalue weighted by Gasteiger charge is 1.91. The lowest BCUT2D eigenvalue weighted by Crippen LogP contribution is -2.19. The maximum absolute atomic E-state index is 11.2. The van der Waals surface area contributed by atoms with Gasteiger partial charge in [0.15, 0.2) is 0 Å². The summed E-state index contributed by atoms with van der Waals surface area (Å²) < 4.78 is 0. The number of nitrogens with one attached hydrogen (secondary N) is 1. The van der Waals surface area contributed by atoms with Gasteiger partial charge in [0.2, 0.25) is 5.91 Å². The third kappa shape index (κ3) is 7.80. The standard InChI is InChI=1S/C14H21NO/c1-4-7-9-13(10-8-5-2)11-12-14(16)15-6-3/h4,7-12H,5-6H2,1-3H3,(H,15,16)/b7-4-,10-8+,12-11+,13-9+. The van der Waals surface area contributed by atoms with E-state index in [1.165, 1.54) is 0 Å². The molecule has 0 rings (SSSR count). The van der Waals surface area contributed by atoms with E-state index in [-0.39, 0.29) is 5.91 Å². The molecule has 0 fully saturated rings. The molecule has 88 valence electrons. The van der Waals surface area contributed by atoms with Crippen LogP contribution in [0.3, 0.4) is 0 Å². The molecule has 1 amide bonds. The van der Waals surface area contributed by atoms with Gasteiger partial charge >= 0.3 is 0 Å². The van der Waals surface area contributed by atoms with E-state index in [9.17, 15) is 4.79 Å². The molecule has 0 aromatic carbocycles. The molecular formula is C14H21NO. The molecule has 0 aliphatic heterocycles. The predicted molar refractivity (Wildman–Crippen MR) is 70.2 cm³/mol. The van der Waals surface area contributed by atoms with Gasteiger partial charge in [0.05, 0.1) is 0 Å². The minimum absolute atomic E-state index is 0.0567. The first kappa shape index (κ1) is 14.4. The number of amides is 1. The van der Waals surface area contributed by atoms with E-state index in [1.54, 1.807) is 6.08 Å². The summed E-state index contributed by atoms with van der Waals surface area (Å²) in [6.45, 7) is 6.60. The van der Waals surface area contributed by atoms with E-state index in [0.717, 1.165) is 12.0 Å². The van der Waals surface area contributed by atoms with Crippen molar-refractivity contribution in [2.45, 2.75) is 27.2 Å². The Kier molecular flexibility index (Phi) is 8.99. The fourth-order valence-corrected chi connectivity index (χ4v) is 1.03. The number of hydrogen-bond acceptors (Lipinski definition) is 1. The normalized spacial score (nSPS) is 13.1. The Morgan fingerprint density at radius 2 is 1.94 bits per heavy atom. The lowest BCUT2D eigenvalue weighted by atomic mass is 10.2. The van der Waals surface area contributed by atoms with Crippen LogP contribution in [0.2, 0.25) is 0 Å². The summed E-state index contributed by atoms with van der Waals surface area (Å²) in [7, 11) is 0. The van der Waals surface area contributed by atoms with E-state index in [4.69, 9.17) is 0 Å². The van der Waals surface area contributed by atoms with Gasteiger partial charge in [0.25, 0.3) is 0 Å². The number of hydrogen-bond donors (Lipinski definition) is 1. The zero-order valence-electron chi connectivity index (χ0n) is 10.4. The Morgan fingerprint density at radius 1 is 1.19 bits per heavy atom. The zero-order chi connectivity index (χ0) is 12.2. The molecule has 0 radical (unpaired) electrons. The van der Waals surface area contributed by atoms with E-state index in [0.29, 0.717) is 6.54 Å². The molecule has 0 unspecified atom stereocenters. The Balaban J connectivity index is 4.54. The molecule has 0 saturated carbocycles. The fourth-order valence-electron chi connectivity index (χ4n) is 1.03. The van der Waals surface area contributed by atoms with Crippen molar-refractivity contribution >= 4 is 5.91 Å². The molecule has 2 heteroatoms. The molecule has 0 heterocycles. The topological polar surface area (TPSA) is 29.1 Å². The maximum atomic E-state index is 11.2. The Labute approximate surface area is 98.4 Å². The summed E-state index contributed by atoms with van der Waals surface area (Å²) >= 11 is 0. The third-order valence-corrected chi connectivity index (χ3v) is 1.81. The molecular weight excluding hydrogens is 198 g/mol. The predicted octanol–water partition coefficient (Wildman–Crippen LogP) is 3.15. The molecule has 0 aromatic heterocycles. The molecule has 16 heavy (non-hydrogen) atoms. The van der Waals surface area contributed by atoms with Crippen LogP contribution in [0.5, 0.6) is 0 Å². The van der Waals surface area contributed by atoms with Crippen molar-refractivity contribution in [2.24, 2.45) is 0 Å². The van der Waals surface area contributed by atoms with E-state index in [1.807, 2.05) is 44.2 Å². The van der Waals surface area contributed by atoms with Crippen molar-refractivity contribution in [1.82, 2.24) is 5.32 Å². The summed E-state index contributed by atoms with van der Waals surface area (Å²) in [6, 6.07) is 0. The molecule has 0 bridgehead atoms. The fraction of sp³-hybridized carbons (Fsp3) is 0.357. The second-order valence-electron chi connectivity index (χ2n) is 3.23. The molecule has 0 aliphatic rings. The minimum Gasteiger partial charge on any atom is -0.353 e. The summed E-state index contributed by atoms with van der Waals surface area (Å²) in [5.41, 5.74) is 1.02. The minimum atomic E-state index is -0.0567. The Bertz CT molecular complexity index is 309. The van der Waals surface area contributed by atoms with Gasteiger partial charge in [-0.2, -0.15) is 0 Å². The molecule has 2 nitrogen and oxygen atoms in total. The smallest absolute Gasteiger partial charge is 0.243 e. The van der Waals surface area contributed by atoms with Gasteiger partial charge < -0.3 is 5.32 Å². The maximum Gasteiger partial charge on any atom is 0.243 e. The second-order valence-corrected chi connectivity index (χ2v) is 3.23. The highest BCUT2D eigenvalue weighted by Crippen LogP contribution is 2.01. The first-order valence-electron chi connectivity index (χ1n) is 5.70. The van der Waals surface area contributed by atoms with Gasteiger partial charge in [-0.1, -0.05) is 37.3 Å². The quantitative estimate of drug-likeness (QED) is 0.539. The largest absolute Gasteiger partial charge is 0.353 e. The van der Waals surface area contributed by atoms with E-state index < -0.39 is 0 Å². The number of carbonyl (C=O) groups is 1. The third-order valence-electron chi connectivity index (χ3n) is 1.81. The first-order chi connectivity index (χ1) is 7.74. The zero-order valence-corrected chi connectivity index (χ0v) is 10.4. The van der Waals surface area contributed by atoms with Gasteiger partial charge in [-0.05, 0) is 31.9 Å². The van der Waals surface area contributed by atoms with Crippen LogP contribution in [-0.2, 0) is 4.79 Å². The second kappa shape index (κ2) is 9.97. The van der Waals surface area contributed by atoms with Crippen LogP contribution in [0.4, 0.5) is 0 Å². The summed E-state index contributed by atoms with van der Waals surface area (Å²) in [6.07, 6.45) is 14.3. The Morgan fingerprint density at radius 3 is 2.50 bits per heavy atom. The van der Waals surface area contributed by atoms with Crippen molar-refractivity contribution in [2.75, 3.05) is 6.54 Å². The van der Waals surface area contributed by atoms with Crippen LogP contribution in [0, 0.1) is 0 Å². The van der Waals surface area contributed by atoms with Crippen LogP contribution >= 0.6 is 0 Å². The summed E-state index contributed by atoms with van der Waals surface area (Å²) in [5, 5.41) is 2.72. The van der Waals surface area contributed by atoms with Gasteiger partial charge in [-0.3, -0.25) is 4.79 Å². The van der Waals surface area contributed by atoms with Crippen LogP contribution in [-0.4, -0.2) is 12.5 Å². The number of rotatable bonds is 6. The highest BCUT2D eigenvalue weighted by molar-refractivity contribution is 5.88. The van der Waals surface area contributed by atoms with Crippen LogP contribution in [0.1, 0.15) is 27.2 Å². The van der Waals surface area contributed by atoms with E-state index >= 15 is 0 Å². The van der Waals surface area contributed by atoms with Crippen molar-refractivity contribution in [3.63, 3.8) is 0 Å². The number of likely N-dealkylation sites (N-methyl/N-ethyl adjacent to an activating group) is 1. The average molecular weight is 219 g/mol. The van der Waals surface area contributed by atoms with Crippen LogP contribution in [0.15, 0.2) is 48.1 Å². The van der Waals surface area contributed by atoms with Crippen molar-refractivity contribution in [3.05, 3.63) is 48.1 Å². The molecule has 0 aliphatic carbocycles. The van der Waals surface area contributed by atoms with Gasteiger partial charge in [-0.25, -0.2) is 0 Å². The molecule has 0 aromatic rings. The number of carbonyl (C=O) groups excluding carboxylic acids is 1. The summed E-state index contributed by atoms with van der Waals surface area (Å²) in [5.74, 6) is -0.0567. The highest BCUT2D eigenvalue weighted by atomic mass is 16.1. The Hall–Kier alpha value is -1.57. The SMILES string of the molecule is C\C=C/C=C(\C=C\CC)/C=C/C(=O)NCC. The monoisotopic (exact) mass is 219 g/mol. The number of allylic oxidation sites excluding steroid dienone is 7. The van der Waals surface area contributed by atoms with Crippen molar-refractivity contribution in [3.8, 4) is 0 Å². The average Bonchev–Trinajstić information content (AvgIpc) is 2.28. The first-order valence-corrected chi connectivity index (χ1v) is 5.70. The molecule has 1 N–H and O–H groups in total. The van der Waals surface area contributed by atoms with Gasteiger partial charge in [0, 0.05) is 12.6 Å². The summed E-state index contributed by atoms with van der Waals surface area (Å²) in [4.78, 5) is 11.2. The van der Waals surface area contributed by atoms with Gasteiger partial charge in [-0.15, -0.1) is 0 Å². The van der Waals surface area contributed by atoms with Crippen LogP contribution < -0.4 is 5.32 Å². The van der Waals surface area contributed by atoms with E-state index in [2.05, 4.69) is 18.3 Å². The lowest BCUT2D eigenvalue weighted by Gasteiger charge is -1.95. The molecule has 0 saturated heterocycles. The molecule has 0 atom stereocenters.